The fourth-order valence-electron chi connectivity index (χ4n) is 3.66. The van der Waals surface area contributed by atoms with Crippen molar-refractivity contribution in [2.24, 2.45) is 0 Å². The molecule has 0 fully saturated rings. The molecule has 0 bridgehead atoms. The molecule has 2 aromatic heterocycles. The minimum absolute atomic E-state index is 0.0832. The number of aliphatic hydroxyl groups is 1. The predicted molar refractivity (Wildman–Crippen MR) is 104 cm³/mol. The average molecular weight is 414 g/mol. The van der Waals surface area contributed by atoms with E-state index in [0.29, 0.717) is 11.1 Å². The fourth-order valence-corrected chi connectivity index (χ4v) is 3.66. The first-order valence-corrected chi connectivity index (χ1v) is 9.14. The molecule has 30 heavy (non-hydrogen) atoms. The van der Waals surface area contributed by atoms with Crippen molar-refractivity contribution in [2.45, 2.75) is 25.6 Å². The summed E-state index contributed by atoms with van der Waals surface area (Å²) in [6, 6.07) is 9.11. The number of fused-ring (bicyclic) bond motifs is 2. The Hall–Kier alpha value is -3.51. The van der Waals surface area contributed by atoms with Crippen LogP contribution in [0.1, 0.15) is 29.4 Å². The number of hydrogen-bond donors (Lipinski definition) is 3. The first-order valence-electron chi connectivity index (χ1n) is 9.14. The SMILES string of the molecule is CCOc1cc(C)c2[nH]ccc2c1C(O)(c1nc2cc(C#N)ccc2[nH]1)C(F)(F)F. The number of ether oxygens (including phenoxy) is 1. The summed E-state index contributed by atoms with van der Waals surface area (Å²) in [5, 5.41) is 20.5. The lowest BCUT2D eigenvalue weighted by Crippen LogP contribution is -2.44. The van der Waals surface area contributed by atoms with E-state index in [1.54, 1.807) is 13.8 Å². The smallest absolute Gasteiger partial charge is 0.429 e. The van der Waals surface area contributed by atoms with Gasteiger partial charge in [0.05, 0.1) is 34.8 Å². The van der Waals surface area contributed by atoms with Crippen LogP contribution in [0, 0.1) is 18.3 Å². The Kier molecular flexibility index (Phi) is 4.47. The van der Waals surface area contributed by atoms with Crippen LogP contribution < -0.4 is 4.74 Å². The molecule has 3 N–H and O–H groups in total. The van der Waals surface area contributed by atoms with Gasteiger partial charge in [-0.1, -0.05) is 0 Å². The van der Waals surface area contributed by atoms with E-state index in [-0.39, 0.29) is 34.3 Å². The van der Waals surface area contributed by atoms with Crippen molar-refractivity contribution in [3.63, 3.8) is 0 Å². The molecule has 4 rings (SSSR count). The van der Waals surface area contributed by atoms with Crippen LogP contribution in [-0.4, -0.2) is 32.8 Å². The van der Waals surface area contributed by atoms with Gasteiger partial charge in [-0.25, -0.2) is 4.98 Å². The van der Waals surface area contributed by atoms with E-state index in [4.69, 9.17) is 10.00 Å². The molecule has 9 heteroatoms. The molecular formula is C21H17F3N4O2. The van der Waals surface area contributed by atoms with Gasteiger partial charge < -0.3 is 19.8 Å². The summed E-state index contributed by atoms with van der Waals surface area (Å²) in [6.07, 6.45) is -3.62. The molecule has 0 amide bonds. The van der Waals surface area contributed by atoms with Gasteiger partial charge in [0, 0.05) is 17.1 Å². The first kappa shape index (κ1) is 19.8. The number of nitrogens with one attached hydrogen (secondary N) is 2. The summed E-state index contributed by atoms with van der Waals surface area (Å²) in [7, 11) is 0. The van der Waals surface area contributed by atoms with Crippen LogP contribution in [0.5, 0.6) is 5.75 Å². The number of imidazole rings is 1. The maximum absolute atomic E-state index is 14.5. The molecule has 154 valence electrons. The van der Waals surface area contributed by atoms with Crippen molar-refractivity contribution in [1.82, 2.24) is 15.0 Å². The molecule has 0 radical (unpaired) electrons. The largest absolute Gasteiger partial charge is 0.493 e. The number of H-pyrrole nitrogens is 2. The van der Waals surface area contributed by atoms with E-state index in [9.17, 15) is 18.3 Å². The van der Waals surface area contributed by atoms with E-state index in [0.717, 1.165) is 0 Å². The Labute approximate surface area is 168 Å². The topological polar surface area (TPSA) is 97.7 Å². The molecule has 0 saturated heterocycles. The van der Waals surface area contributed by atoms with Crippen LogP contribution in [-0.2, 0) is 5.60 Å². The number of aromatic amines is 2. The highest BCUT2D eigenvalue weighted by molar-refractivity contribution is 5.90. The molecule has 4 aromatic rings. The van der Waals surface area contributed by atoms with Gasteiger partial charge in [-0.15, -0.1) is 0 Å². The predicted octanol–water partition coefficient (Wildman–Crippen LogP) is 4.42. The summed E-state index contributed by atoms with van der Waals surface area (Å²) in [4.78, 5) is 9.50. The Morgan fingerprint density at radius 1 is 1.23 bits per heavy atom. The number of nitriles is 1. The zero-order chi connectivity index (χ0) is 21.7. The second kappa shape index (κ2) is 6.78. The maximum Gasteiger partial charge on any atom is 0.429 e. The number of aryl methyl sites for hydroxylation is 1. The number of alkyl halides is 3. The van der Waals surface area contributed by atoms with Crippen LogP contribution in [0.15, 0.2) is 36.5 Å². The summed E-state index contributed by atoms with van der Waals surface area (Å²) >= 11 is 0. The van der Waals surface area contributed by atoms with Crippen LogP contribution >= 0.6 is 0 Å². The van der Waals surface area contributed by atoms with Crippen LogP contribution in [0.4, 0.5) is 13.2 Å². The van der Waals surface area contributed by atoms with Crippen molar-refractivity contribution >= 4 is 21.9 Å². The molecule has 2 heterocycles. The molecular weight excluding hydrogens is 397 g/mol. The molecule has 6 nitrogen and oxygen atoms in total. The minimum atomic E-state index is -5.12. The molecule has 2 aromatic carbocycles. The summed E-state index contributed by atoms with van der Waals surface area (Å²) in [5.74, 6) is -0.785. The highest BCUT2D eigenvalue weighted by Gasteiger charge is 2.60. The van der Waals surface area contributed by atoms with Gasteiger partial charge in [0.1, 0.15) is 5.75 Å². The van der Waals surface area contributed by atoms with Crippen molar-refractivity contribution in [3.05, 3.63) is 59.0 Å². The number of benzene rings is 2. The lowest BCUT2D eigenvalue weighted by molar-refractivity contribution is -0.250. The molecule has 1 atom stereocenters. The zero-order valence-electron chi connectivity index (χ0n) is 16.1. The molecule has 0 aliphatic carbocycles. The number of nitrogens with zero attached hydrogens (tertiary/aromatic N) is 2. The van der Waals surface area contributed by atoms with E-state index < -0.39 is 23.2 Å². The fraction of sp³-hybridized carbons (Fsp3) is 0.238. The molecule has 0 spiro atoms. The average Bonchev–Trinajstić information content (AvgIpc) is 3.33. The zero-order valence-corrected chi connectivity index (χ0v) is 16.1. The van der Waals surface area contributed by atoms with Crippen molar-refractivity contribution in [3.8, 4) is 11.8 Å². The third-order valence-corrected chi connectivity index (χ3v) is 5.03. The molecule has 0 aliphatic rings. The Bertz CT molecular complexity index is 1300. The van der Waals surface area contributed by atoms with E-state index in [2.05, 4.69) is 15.0 Å². The Balaban J connectivity index is 2.08. The van der Waals surface area contributed by atoms with E-state index >= 15 is 0 Å². The Morgan fingerprint density at radius 2 is 2.00 bits per heavy atom. The van der Waals surface area contributed by atoms with Gasteiger partial charge in [-0.3, -0.25) is 0 Å². The number of halogens is 3. The quantitative estimate of drug-likeness (QED) is 0.460. The Morgan fingerprint density at radius 3 is 2.67 bits per heavy atom. The minimum Gasteiger partial charge on any atom is -0.493 e. The highest BCUT2D eigenvalue weighted by atomic mass is 19.4. The van der Waals surface area contributed by atoms with E-state index in [1.807, 2.05) is 6.07 Å². The van der Waals surface area contributed by atoms with Crippen LogP contribution in [0.2, 0.25) is 0 Å². The number of aromatic nitrogens is 3. The third kappa shape index (κ3) is 2.80. The van der Waals surface area contributed by atoms with E-state index in [1.165, 1.54) is 36.5 Å². The van der Waals surface area contributed by atoms with Gasteiger partial charge >= 0.3 is 6.18 Å². The van der Waals surface area contributed by atoms with Gasteiger partial charge in [0.2, 0.25) is 5.60 Å². The van der Waals surface area contributed by atoms with Crippen molar-refractivity contribution in [1.29, 1.82) is 5.26 Å². The maximum atomic E-state index is 14.5. The monoisotopic (exact) mass is 414 g/mol. The second-order valence-corrected chi connectivity index (χ2v) is 6.90. The molecule has 1 unspecified atom stereocenters. The first-order chi connectivity index (χ1) is 14.2. The molecule has 0 aliphatic heterocycles. The van der Waals surface area contributed by atoms with Gasteiger partial charge in [0.25, 0.3) is 0 Å². The van der Waals surface area contributed by atoms with Crippen LogP contribution in [0.3, 0.4) is 0 Å². The lowest BCUT2D eigenvalue weighted by atomic mass is 9.87. The highest BCUT2D eigenvalue weighted by Crippen LogP contribution is 2.49. The van der Waals surface area contributed by atoms with Gasteiger partial charge in [0.15, 0.2) is 5.82 Å². The van der Waals surface area contributed by atoms with Gasteiger partial charge in [-0.2, -0.15) is 18.4 Å². The second-order valence-electron chi connectivity index (χ2n) is 6.90. The number of hydrogen-bond acceptors (Lipinski definition) is 4. The lowest BCUT2D eigenvalue weighted by Gasteiger charge is -2.31. The molecule has 0 saturated carbocycles. The third-order valence-electron chi connectivity index (χ3n) is 5.03. The number of rotatable bonds is 4. The van der Waals surface area contributed by atoms with Gasteiger partial charge in [-0.05, 0) is 49.7 Å². The summed E-state index contributed by atoms with van der Waals surface area (Å²) in [5.41, 5.74) is -2.14. The normalized spacial score (nSPS) is 14.0. The standard InChI is InChI=1S/C21H17F3N4O2/c1-3-30-16-8-11(2)18-13(6-7-26-18)17(16)20(29,21(22,23)24)19-27-14-5-4-12(10-25)9-15(14)28-19/h4-9,26,29H,3H2,1-2H3,(H,27,28). The van der Waals surface area contributed by atoms with Crippen molar-refractivity contribution in [2.75, 3.05) is 6.61 Å². The van der Waals surface area contributed by atoms with Crippen LogP contribution in [0.25, 0.3) is 21.9 Å². The summed E-state index contributed by atoms with van der Waals surface area (Å²) < 4.78 is 48.9. The van der Waals surface area contributed by atoms with Crippen molar-refractivity contribution < 1.29 is 23.0 Å². The summed E-state index contributed by atoms with van der Waals surface area (Å²) in [6.45, 7) is 3.50.